The van der Waals surface area contributed by atoms with Crippen LogP contribution in [0.25, 0.3) is 0 Å². The Morgan fingerprint density at radius 3 is 2.04 bits per heavy atom. The lowest BCUT2D eigenvalue weighted by Crippen LogP contribution is -2.54. The van der Waals surface area contributed by atoms with Crippen LogP contribution in [0.1, 0.15) is 11.6 Å². The average molecular weight is 336 g/mol. The molecule has 0 unspecified atom stereocenters. The Hall–Kier alpha value is -2.15. The maximum atomic E-state index is 14.1. The lowest BCUT2D eigenvalue weighted by Gasteiger charge is -2.38. The number of benzene rings is 1. The number of carbonyl (C=O) groups excluding carboxylic acids is 2. The fraction of sp³-hybridized carbons (Fsp3) is 0.529. The number of rotatable bonds is 3. The summed E-state index contributed by atoms with van der Waals surface area (Å²) >= 11 is 0. The highest BCUT2D eigenvalue weighted by atomic mass is 19.1. The van der Waals surface area contributed by atoms with E-state index in [1.165, 1.54) is 11.0 Å². The van der Waals surface area contributed by atoms with Crippen LogP contribution in [-0.4, -0.2) is 85.9 Å². The van der Waals surface area contributed by atoms with E-state index in [1.807, 2.05) is 0 Å². The molecule has 0 radical (unpaired) electrons. The molecule has 24 heavy (non-hydrogen) atoms. The summed E-state index contributed by atoms with van der Waals surface area (Å²) in [6, 6.07) is 5.64. The minimum absolute atomic E-state index is 0.0552. The molecule has 0 spiro atoms. The van der Waals surface area contributed by atoms with Gasteiger partial charge < -0.3 is 14.7 Å². The molecule has 1 heterocycles. The maximum absolute atomic E-state index is 14.1. The molecular formula is C17H25FN4O2. The molecule has 0 aromatic heterocycles. The molecule has 1 atom stereocenters. The smallest absolute Gasteiger partial charge is 0.319 e. The second-order valence-electron chi connectivity index (χ2n) is 6.38. The standard InChI is InChI=1S/C17H25FN4O2/c1-19(2)15(13-7-5-6-8-14(13)18)16(23)21-9-11-22(12-10-21)17(24)20(3)4/h5-8,15H,9-12H2,1-4H3/t15-/m1/s1. The monoisotopic (exact) mass is 336 g/mol. The van der Waals surface area contributed by atoms with Gasteiger partial charge in [-0.2, -0.15) is 0 Å². The average Bonchev–Trinajstić information content (AvgIpc) is 2.55. The van der Waals surface area contributed by atoms with Gasteiger partial charge in [0.1, 0.15) is 11.9 Å². The number of urea groups is 1. The van der Waals surface area contributed by atoms with E-state index >= 15 is 0 Å². The summed E-state index contributed by atoms with van der Waals surface area (Å²) < 4.78 is 14.1. The van der Waals surface area contributed by atoms with Gasteiger partial charge in [-0.3, -0.25) is 9.69 Å². The van der Waals surface area contributed by atoms with Gasteiger partial charge in [0.25, 0.3) is 0 Å². The first kappa shape index (κ1) is 18.2. The molecule has 1 aromatic rings. The zero-order valence-corrected chi connectivity index (χ0v) is 14.7. The number of hydrogen-bond acceptors (Lipinski definition) is 3. The first-order valence-electron chi connectivity index (χ1n) is 7.98. The number of likely N-dealkylation sites (N-methyl/N-ethyl adjacent to an activating group) is 1. The number of halogens is 1. The maximum Gasteiger partial charge on any atom is 0.319 e. The lowest BCUT2D eigenvalue weighted by molar-refractivity contribution is -0.138. The van der Waals surface area contributed by atoms with E-state index < -0.39 is 6.04 Å². The van der Waals surface area contributed by atoms with E-state index in [0.29, 0.717) is 31.7 Å². The number of piperazine rings is 1. The molecule has 1 saturated heterocycles. The Morgan fingerprint density at radius 2 is 1.54 bits per heavy atom. The van der Waals surface area contributed by atoms with Crippen LogP contribution < -0.4 is 0 Å². The van der Waals surface area contributed by atoms with Crippen molar-refractivity contribution in [3.8, 4) is 0 Å². The zero-order valence-electron chi connectivity index (χ0n) is 14.7. The number of carbonyl (C=O) groups is 2. The van der Waals surface area contributed by atoms with Crippen molar-refractivity contribution in [1.29, 1.82) is 0 Å². The minimum Gasteiger partial charge on any atom is -0.337 e. The minimum atomic E-state index is -0.665. The Morgan fingerprint density at radius 1 is 1.00 bits per heavy atom. The molecule has 1 aliphatic heterocycles. The van der Waals surface area contributed by atoms with Crippen molar-refractivity contribution in [1.82, 2.24) is 19.6 Å². The summed E-state index contributed by atoms with van der Waals surface area (Å²) in [5.41, 5.74) is 0.374. The van der Waals surface area contributed by atoms with Crippen molar-refractivity contribution >= 4 is 11.9 Å². The normalized spacial score (nSPS) is 16.2. The third-order valence-corrected chi connectivity index (χ3v) is 4.19. The Bertz CT molecular complexity index is 598. The highest BCUT2D eigenvalue weighted by Crippen LogP contribution is 2.24. The number of amides is 3. The fourth-order valence-electron chi connectivity index (χ4n) is 2.90. The van der Waals surface area contributed by atoms with E-state index in [-0.39, 0.29) is 17.8 Å². The fourth-order valence-corrected chi connectivity index (χ4v) is 2.90. The summed E-state index contributed by atoms with van der Waals surface area (Å²) in [5.74, 6) is -0.520. The van der Waals surface area contributed by atoms with Gasteiger partial charge in [0.2, 0.25) is 5.91 Å². The molecule has 7 heteroatoms. The Labute approximate surface area is 142 Å². The second-order valence-corrected chi connectivity index (χ2v) is 6.38. The van der Waals surface area contributed by atoms with E-state index in [4.69, 9.17) is 0 Å². The van der Waals surface area contributed by atoms with Gasteiger partial charge >= 0.3 is 6.03 Å². The Kier molecular flexibility index (Phi) is 5.77. The predicted molar refractivity (Wildman–Crippen MR) is 90.1 cm³/mol. The zero-order chi connectivity index (χ0) is 17.9. The van der Waals surface area contributed by atoms with Crippen molar-refractivity contribution in [3.05, 3.63) is 35.6 Å². The molecule has 2 rings (SSSR count). The molecule has 1 fully saturated rings. The van der Waals surface area contributed by atoms with Crippen LogP contribution in [0.15, 0.2) is 24.3 Å². The Balaban J connectivity index is 2.10. The van der Waals surface area contributed by atoms with Crippen molar-refractivity contribution < 1.29 is 14.0 Å². The van der Waals surface area contributed by atoms with Gasteiger partial charge in [-0.05, 0) is 20.2 Å². The first-order valence-corrected chi connectivity index (χ1v) is 7.98. The molecule has 1 aromatic carbocycles. The summed E-state index contributed by atoms with van der Waals surface area (Å²) in [7, 11) is 6.95. The predicted octanol–water partition coefficient (Wildman–Crippen LogP) is 1.25. The summed E-state index contributed by atoms with van der Waals surface area (Å²) in [6.45, 7) is 1.88. The van der Waals surface area contributed by atoms with Crippen molar-refractivity contribution in [2.75, 3.05) is 54.4 Å². The van der Waals surface area contributed by atoms with Crippen LogP contribution in [0, 0.1) is 5.82 Å². The van der Waals surface area contributed by atoms with Gasteiger partial charge in [0.15, 0.2) is 0 Å². The lowest BCUT2D eigenvalue weighted by atomic mass is 10.0. The first-order chi connectivity index (χ1) is 11.3. The largest absolute Gasteiger partial charge is 0.337 e. The SMILES string of the molecule is CN(C)C(=O)N1CCN(C(=O)[C@@H](c2ccccc2F)N(C)C)CC1. The van der Waals surface area contributed by atoms with E-state index in [1.54, 1.807) is 61.1 Å². The molecular weight excluding hydrogens is 311 g/mol. The molecule has 0 saturated carbocycles. The van der Waals surface area contributed by atoms with Crippen molar-refractivity contribution in [2.45, 2.75) is 6.04 Å². The van der Waals surface area contributed by atoms with Gasteiger partial charge in [0.05, 0.1) is 0 Å². The van der Waals surface area contributed by atoms with Crippen LogP contribution in [-0.2, 0) is 4.79 Å². The third-order valence-electron chi connectivity index (χ3n) is 4.19. The van der Waals surface area contributed by atoms with E-state index in [2.05, 4.69) is 0 Å². The molecule has 0 bridgehead atoms. The highest BCUT2D eigenvalue weighted by molar-refractivity contribution is 5.84. The number of hydrogen-bond donors (Lipinski definition) is 0. The van der Waals surface area contributed by atoms with E-state index in [9.17, 15) is 14.0 Å². The van der Waals surface area contributed by atoms with Gasteiger partial charge in [0, 0.05) is 45.8 Å². The summed E-state index contributed by atoms with van der Waals surface area (Å²) in [4.78, 5) is 31.6. The molecule has 1 aliphatic rings. The van der Waals surface area contributed by atoms with Crippen LogP contribution >= 0.6 is 0 Å². The molecule has 6 nitrogen and oxygen atoms in total. The van der Waals surface area contributed by atoms with Gasteiger partial charge in [-0.1, -0.05) is 18.2 Å². The van der Waals surface area contributed by atoms with Crippen LogP contribution in [0.2, 0.25) is 0 Å². The summed E-state index contributed by atoms with van der Waals surface area (Å²) in [6.07, 6.45) is 0. The van der Waals surface area contributed by atoms with Crippen LogP contribution in [0.5, 0.6) is 0 Å². The van der Waals surface area contributed by atoms with Crippen molar-refractivity contribution in [2.24, 2.45) is 0 Å². The second kappa shape index (κ2) is 7.61. The van der Waals surface area contributed by atoms with Gasteiger partial charge in [-0.15, -0.1) is 0 Å². The summed E-state index contributed by atoms with van der Waals surface area (Å²) in [5, 5.41) is 0. The number of nitrogens with zero attached hydrogens (tertiary/aromatic N) is 4. The van der Waals surface area contributed by atoms with Crippen LogP contribution in [0.3, 0.4) is 0 Å². The molecule has 0 aliphatic carbocycles. The third kappa shape index (κ3) is 3.84. The molecule has 132 valence electrons. The van der Waals surface area contributed by atoms with E-state index in [0.717, 1.165) is 0 Å². The topological polar surface area (TPSA) is 47.1 Å². The highest BCUT2D eigenvalue weighted by Gasteiger charge is 2.32. The van der Waals surface area contributed by atoms with Crippen molar-refractivity contribution in [3.63, 3.8) is 0 Å². The van der Waals surface area contributed by atoms with Crippen LogP contribution in [0.4, 0.5) is 9.18 Å². The molecule has 3 amide bonds. The van der Waals surface area contributed by atoms with Gasteiger partial charge in [-0.25, -0.2) is 9.18 Å². The molecule has 0 N–H and O–H groups in total. The quantitative estimate of drug-likeness (QED) is 0.835.